The molecule has 1 aliphatic heterocycles. The van der Waals surface area contributed by atoms with E-state index in [9.17, 15) is 0 Å². The van der Waals surface area contributed by atoms with Crippen LogP contribution in [0.2, 0.25) is 0 Å². The van der Waals surface area contributed by atoms with Crippen molar-refractivity contribution in [2.75, 3.05) is 11.4 Å². The van der Waals surface area contributed by atoms with Gasteiger partial charge in [0.15, 0.2) is 0 Å². The van der Waals surface area contributed by atoms with Crippen LogP contribution in [0.1, 0.15) is 55.2 Å². The minimum absolute atomic E-state index is 0.0312. The van der Waals surface area contributed by atoms with Gasteiger partial charge >= 0.3 is 0 Å². The lowest BCUT2D eigenvalue weighted by Gasteiger charge is -2.22. The Hall–Kier alpha value is -0.940. The molecule has 0 spiro atoms. The van der Waals surface area contributed by atoms with Crippen LogP contribution in [-0.2, 0) is 5.41 Å². The van der Waals surface area contributed by atoms with E-state index in [0.717, 1.165) is 17.5 Å². The third-order valence-corrected chi connectivity index (χ3v) is 5.53. The van der Waals surface area contributed by atoms with Crippen molar-refractivity contribution >= 4 is 28.0 Å². The molecule has 0 amide bonds. The molecule has 1 atom stereocenters. The van der Waals surface area contributed by atoms with Gasteiger partial charge in [0.25, 0.3) is 0 Å². The van der Waals surface area contributed by atoms with Crippen molar-refractivity contribution in [1.82, 2.24) is 9.36 Å². The maximum absolute atomic E-state index is 4.78. The molecule has 2 aromatic heterocycles. The van der Waals surface area contributed by atoms with Crippen LogP contribution in [0.15, 0.2) is 12.1 Å². The van der Waals surface area contributed by atoms with Gasteiger partial charge in [-0.3, -0.25) is 0 Å². The number of anilines is 1. The lowest BCUT2D eigenvalue weighted by molar-refractivity contribution is 0.553. The first kappa shape index (κ1) is 14.0. The highest BCUT2D eigenvalue weighted by Crippen LogP contribution is 2.40. The topological polar surface area (TPSA) is 29.0 Å². The Morgan fingerprint density at radius 3 is 2.70 bits per heavy atom. The Bertz CT molecular complexity index is 594. The molecule has 1 saturated heterocycles. The first-order valence-corrected chi connectivity index (χ1v) is 8.71. The van der Waals surface area contributed by atoms with E-state index >= 15 is 0 Å². The van der Waals surface area contributed by atoms with Crippen LogP contribution in [-0.4, -0.2) is 15.9 Å². The second kappa shape index (κ2) is 5.11. The molecular formula is C15H21N3S2. The molecule has 5 heteroatoms. The first-order chi connectivity index (χ1) is 9.45. The molecule has 1 aliphatic rings. The molecule has 3 heterocycles. The highest BCUT2D eigenvalue weighted by atomic mass is 32.1. The molecule has 20 heavy (non-hydrogen) atoms. The van der Waals surface area contributed by atoms with Crippen molar-refractivity contribution in [1.29, 1.82) is 0 Å². The zero-order valence-electron chi connectivity index (χ0n) is 12.5. The molecule has 3 rings (SSSR count). The van der Waals surface area contributed by atoms with Crippen LogP contribution in [0.3, 0.4) is 0 Å². The molecule has 0 N–H and O–H groups in total. The van der Waals surface area contributed by atoms with E-state index in [4.69, 9.17) is 4.98 Å². The molecule has 0 saturated carbocycles. The van der Waals surface area contributed by atoms with Gasteiger partial charge in [-0.2, -0.15) is 4.37 Å². The van der Waals surface area contributed by atoms with Crippen molar-refractivity contribution in [2.24, 2.45) is 0 Å². The fraction of sp³-hybridized carbons (Fsp3) is 0.600. The molecule has 0 bridgehead atoms. The van der Waals surface area contributed by atoms with Crippen LogP contribution >= 0.6 is 22.9 Å². The summed E-state index contributed by atoms with van der Waals surface area (Å²) in [5.74, 6) is 0.963. The molecule has 0 radical (unpaired) electrons. The van der Waals surface area contributed by atoms with Gasteiger partial charge in [0.2, 0.25) is 5.13 Å². The second-order valence-electron chi connectivity index (χ2n) is 6.45. The van der Waals surface area contributed by atoms with E-state index in [1.807, 2.05) is 11.3 Å². The van der Waals surface area contributed by atoms with Gasteiger partial charge in [-0.25, -0.2) is 4.98 Å². The van der Waals surface area contributed by atoms with E-state index in [1.165, 1.54) is 22.6 Å². The molecule has 2 aromatic rings. The van der Waals surface area contributed by atoms with E-state index in [2.05, 4.69) is 49.1 Å². The highest BCUT2D eigenvalue weighted by molar-refractivity contribution is 7.12. The monoisotopic (exact) mass is 307 g/mol. The normalized spacial score (nSPS) is 19.8. The molecule has 0 aromatic carbocycles. The molecule has 1 fully saturated rings. The van der Waals surface area contributed by atoms with Gasteiger partial charge in [-0.15, -0.1) is 11.3 Å². The fourth-order valence-corrected chi connectivity index (χ4v) is 4.52. The van der Waals surface area contributed by atoms with Crippen LogP contribution < -0.4 is 4.90 Å². The van der Waals surface area contributed by atoms with Crippen molar-refractivity contribution < 1.29 is 0 Å². The zero-order valence-corrected chi connectivity index (χ0v) is 14.1. The minimum Gasteiger partial charge on any atom is -0.339 e. The Balaban J connectivity index is 1.87. The summed E-state index contributed by atoms with van der Waals surface area (Å²) < 4.78 is 4.56. The smallest absolute Gasteiger partial charge is 0.205 e. The van der Waals surface area contributed by atoms with Crippen molar-refractivity contribution in [3.8, 4) is 0 Å². The average molecular weight is 307 g/mol. The van der Waals surface area contributed by atoms with Crippen molar-refractivity contribution in [3.63, 3.8) is 0 Å². The van der Waals surface area contributed by atoms with E-state index in [-0.39, 0.29) is 5.41 Å². The summed E-state index contributed by atoms with van der Waals surface area (Å²) in [6, 6.07) is 4.99. The number of thiophene rings is 1. The van der Waals surface area contributed by atoms with Gasteiger partial charge in [0.1, 0.15) is 5.82 Å². The SMILES string of the molecule is Cc1ccc(C2CCCN2c2nc(C(C)(C)C)ns2)s1. The van der Waals surface area contributed by atoms with Gasteiger partial charge in [0.05, 0.1) is 6.04 Å². The van der Waals surface area contributed by atoms with Gasteiger partial charge in [-0.1, -0.05) is 20.8 Å². The Morgan fingerprint density at radius 2 is 2.10 bits per heavy atom. The number of aryl methyl sites for hydroxylation is 1. The van der Waals surface area contributed by atoms with Crippen LogP contribution in [0.25, 0.3) is 0 Å². The van der Waals surface area contributed by atoms with E-state index < -0.39 is 0 Å². The second-order valence-corrected chi connectivity index (χ2v) is 8.50. The maximum Gasteiger partial charge on any atom is 0.205 e. The van der Waals surface area contributed by atoms with Crippen LogP contribution in [0, 0.1) is 6.92 Å². The standard InChI is InChI=1S/C15H21N3S2/c1-10-7-8-12(19-10)11-6-5-9-18(11)14-16-13(17-20-14)15(2,3)4/h7-8,11H,5-6,9H2,1-4H3. The van der Waals surface area contributed by atoms with E-state index in [1.54, 1.807) is 11.5 Å². The maximum atomic E-state index is 4.78. The predicted molar refractivity (Wildman–Crippen MR) is 87.0 cm³/mol. The Labute approximate surface area is 128 Å². The molecular weight excluding hydrogens is 286 g/mol. The number of nitrogens with zero attached hydrogens (tertiary/aromatic N) is 3. The molecule has 1 unspecified atom stereocenters. The molecule has 108 valence electrons. The zero-order chi connectivity index (χ0) is 14.3. The summed E-state index contributed by atoms with van der Waals surface area (Å²) in [6.07, 6.45) is 2.47. The quantitative estimate of drug-likeness (QED) is 0.815. The first-order valence-electron chi connectivity index (χ1n) is 7.12. The number of hydrogen-bond donors (Lipinski definition) is 0. The minimum atomic E-state index is 0.0312. The third-order valence-electron chi connectivity index (χ3n) is 3.67. The van der Waals surface area contributed by atoms with E-state index in [0.29, 0.717) is 6.04 Å². The Morgan fingerprint density at radius 1 is 1.30 bits per heavy atom. The lowest BCUT2D eigenvalue weighted by Crippen LogP contribution is -2.22. The van der Waals surface area contributed by atoms with Crippen LogP contribution in [0.4, 0.5) is 5.13 Å². The van der Waals surface area contributed by atoms with Crippen molar-refractivity contribution in [3.05, 3.63) is 27.7 Å². The number of aromatic nitrogens is 2. The van der Waals surface area contributed by atoms with Gasteiger partial charge in [0, 0.05) is 33.2 Å². The summed E-state index contributed by atoms with van der Waals surface area (Å²) in [7, 11) is 0. The van der Waals surface area contributed by atoms with Crippen LogP contribution in [0.5, 0.6) is 0 Å². The highest BCUT2D eigenvalue weighted by Gasteiger charge is 2.30. The summed E-state index contributed by atoms with van der Waals surface area (Å²) in [5, 5.41) is 1.09. The third kappa shape index (κ3) is 2.61. The lowest BCUT2D eigenvalue weighted by atomic mass is 9.96. The number of hydrogen-bond acceptors (Lipinski definition) is 5. The molecule has 3 nitrogen and oxygen atoms in total. The largest absolute Gasteiger partial charge is 0.339 e. The fourth-order valence-electron chi connectivity index (χ4n) is 2.56. The molecule has 0 aliphatic carbocycles. The Kier molecular flexibility index (Phi) is 3.58. The summed E-state index contributed by atoms with van der Waals surface area (Å²) >= 11 is 3.46. The summed E-state index contributed by atoms with van der Waals surface area (Å²) in [5.41, 5.74) is 0.0312. The van der Waals surface area contributed by atoms with Gasteiger partial charge in [-0.05, 0) is 31.9 Å². The predicted octanol–water partition coefficient (Wildman–Crippen LogP) is 4.55. The average Bonchev–Trinajstić information content (AvgIpc) is 3.06. The van der Waals surface area contributed by atoms with Crippen molar-refractivity contribution in [2.45, 2.75) is 52.0 Å². The number of rotatable bonds is 2. The summed E-state index contributed by atoms with van der Waals surface area (Å²) in [6.45, 7) is 9.78. The summed E-state index contributed by atoms with van der Waals surface area (Å²) in [4.78, 5) is 10.1. The van der Waals surface area contributed by atoms with Gasteiger partial charge < -0.3 is 4.90 Å².